The van der Waals surface area contributed by atoms with E-state index in [4.69, 9.17) is 0 Å². The maximum Gasteiger partial charge on any atom is 0.411 e. The van der Waals surface area contributed by atoms with E-state index in [9.17, 15) is 18.0 Å². The van der Waals surface area contributed by atoms with Gasteiger partial charge in [-0.3, -0.25) is 9.69 Å². The average molecular weight is 330 g/mol. The molecule has 1 unspecified atom stereocenters. The van der Waals surface area contributed by atoms with Crippen molar-refractivity contribution < 1.29 is 22.7 Å². The number of rotatable bonds is 6. The van der Waals surface area contributed by atoms with Crippen molar-refractivity contribution in [3.63, 3.8) is 0 Å². The number of hydrogen-bond acceptors (Lipinski definition) is 3. The highest BCUT2D eigenvalue weighted by molar-refractivity contribution is 5.80. The number of carbonyl (C=O) groups is 1. The minimum Gasteiger partial charge on any atom is -0.359 e. The Hall–Kier alpha value is -1.60. The molecule has 0 saturated heterocycles. The van der Waals surface area contributed by atoms with Gasteiger partial charge in [-0.2, -0.15) is 13.2 Å². The Morgan fingerprint density at radius 3 is 2.74 bits per heavy atom. The average Bonchev–Trinajstić information content (AvgIpc) is 2.51. The molecule has 1 aromatic rings. The molecule has 0 saturated carbocycles. The molecule has 1 heterocycles. The molecule has 0 fully saturated rings. The van der Waals surface area contributed by atoms with Crippen LogP contribution in [0.3, 0.4) is 0 Å². The van der Waals surface area contributed by atoms with Gasteiger partial charge in [-0.25, -0.2) is 0 Å². The van der Waals surface area contributed by atoms with Crippen molar-refractivity contribution in [2.24, 2.45) is 0 Å². The molecule has 1 aromatic carbocycles. The normalized spacial score (nSPS) is 16.7. The maximum absolute atomic E-state index is 12.0. The third kappa shape index (κ3) is 5.84. The summed E-state index contributed by atoms with van der Waals surface area (Å²) in [4.78, 5) is 13.9. The first-order valence-electron chi connectivity index (χ1n) is 7.60. The minimum atomic E-state index is -4.42. The fourth-order valence-corrected chi connectivity index (χ4v) is 2.52. The zero-order valence-electron chi connectivity index (χ0n) is 13.0. The summed E-state index contributed by atoms with van der Waals surface area (Å²) in [7, 11) is 0. The van der Waals surface area contributed by atoms with Gasteiger partial charge in [0.05, 0.1) is 0 Å². The fraction of sp³-hybridized carbons (Fsp3) is 0.562. The molecule has 1 atom stereocenters. The van der Waals surface area contributed by atoms with Crippen molar-refractivity contribution >= 4 is 5.91 Å². The lowest BCUT2D eigenvalue weighted by molar-refractivity contribution is -0.185. The second-order valence-electron chi connectivity index (χ2n) is 5.65. The fourth-order valence-electron chi connectivity index (χ4n) is 2.52. The van der Waals surface area contributed by atoms with Crippen LogP contribution in [0, 0.1) is 0 Å². The van der Waals surface area contributed by atoms with Crippen LogP contribution in [0.1, 0.15) is 18.1 Å². The van der Waals surface area contributed by atoms with Crippen LogP contribution in [-0.4, -0.2) is 49.3 Å². The predicted octanol–water partition coefficient (Wildman–Crippen LogP) is 2.13. The second-order valence-corrected chi connectivity index (χ2v) is 5.65. The number of alkyl halides is 3. The van der Waals surface area contributed by atoms with E-state index in [0.717, 1.165) is 19.5 Å². The van der Waals surface area contributed by atoms with E-state index in [1.807, 2.05) is 12.1 Å². The van der Waals surface area contributed by atoms with Gasteiger partial charge in [0.25, 0.3) is 0 Å². The largest absolute Gasteiger partial charge is 0.411 e. The summed E-state index contributed by atoms with van der Waals surface area (Å²) in [5, 5.41) is 2.62. The molecule has 0 bridgehead atoms. The van der Waals surface area contributed by atoms with Crippen LogP contribution < -0.4 is 5.32 Å². The molecule has 1 amide bonds. The molecule has 7 heteroatoms. The van der Waals surface area contributed by atoms with Gasteiger partial charge in [-0.05, 0) is 24.5 Å². The number of carbonyl (C=O) groups excluding carboxylic acids is 1. The van der Waals surface area contributed by atoms with Crippen LogP contribution >= 0.6 is 0 Å². The molecule has 23 heavy (non-hydrogen) atoms. The molecule has 128 valence electrons. The monoisotopic (exact) mass is 330 g/mol. The maximum atomic E-state index is 12.0. The number of ether oxygens (including phenoxy) is 1. The Kier molecular flexibility index (Phi) is 6.01. The van der Waals surface area contributed by atoms with E-state index in [1.165, 1.54) is 18.1 Å². The Bertz CT molecular complexity index is 534. The van der Waals surface area contributed by atoms with Gasteiger partial charge in [-0.1, -0.05) is 24.3 Å². The lowest BCUT2D eigenvalue weighted by atomic mass is 10.00. The van der Waals surface area contributed by atoms with Gasteiger partial charge < -0.3 is 10.1 Å². The first-order chi connectivity index (χ1) is 10.8. The van der Waals surface area contributed by atoms with Gasteiger partial charge in [-0.15, -0.1) is 0 Å². The predicted molar refractivity (Wildman–Crippen MR) is 79.9 cm³/mol. The van der Waals surface area contributed by atoms with Crippen molar-refractivity contribution in [3.05, 3.63) is 35.4 Å². The molecule has 4 nitrogen and oxygen atoms in total. The second kappa shape index (κ2) is 7.79. The molecule has 2 rings (SSSR count). The zero-order chi connectivity index (χ0) is 16.9. The molecular formula is C16H21F3N2O2. The van der Waals surface area contributed by atoms with Gasteiger partial charge in [0.2, 0.25) is 5.91 Å². The van der Waals surface area contributed by atoms with Crippen LogP contribution in [0.5, 0.6) is 0 Å². The van der Waals surface area contributed by atoms with E-state index < -0.39 is 24.8 Å². The quantitative estimate of drug-likeness (QED) is 0.869. The standard InChI is InChI=1S/C16H21F3N2O2/c1-12(23-11-16(17,18)19)15(22)20-7-9-21-8-6-13-4-2-3-5-14(13)10-21/h2-5,12H,6-11H2,1H3,(H,20,22). The lowest BCUT2D eigenvalue weighted by Gasteiger charge is -2.28. The van der Waals surface area contributed by atoms with Crippen LogP contribution in [0.4, 0.5) is 13.2 Å². The van der Waals surface area contributed by atoms with E-state index >= 15 is 0 Å². The van der Waals surface area contributed by atoms with E-state index in [-0.39, 0.29) is 0 Å². The molecule has 1 aliphatic heterocycles. The molecule has 0 radical (unpaired) electrons. The summed E-state index contributed by atoms with van der Waals surface area (Å²) in [6.07, 6.45) is -4.57. The third-order valence-corrected chi connectivity index (χ3v) is 3.80. The summed E-state index contributed by atoms with van der Waals surface area (Å²) in [5.74, 6) is -0.522. The summed E-state index contributed by atoms with van der Waals surface area (Å²) in [6.45, 7) is 2.69. The van der Waals surface area contributed by atoms with Crippen LogP contribution in [-0.2, 0) is 22.5 Å². The number of nitrogens with zero attached hydrogens (tertiary/aromatic N) is 1. The van der Waals surface area contributed by atoms with Crippen molar-refractivity contribution in [1.29, 1.82) is 0 Å². The summed E-state index contributed by atoms with van der Waals surface area (Å²) in [6, 6.07) is 8.24. The van der Waals surface area contributed by atoms with Crippen LogP contribution in [0.15, 0.2) is 24.3 Å². The molecule has 1 N–H and O–H groups in total. The number of hydrogen-bond donors (Lipinski definition) is 1. The number of halogens is 3. The highest BCUT2D eigenvalue weighted by Gasteiger charge is 2.29. The van der Waals surface area contributed by atoms with Crippen molar-refractivity contribution in [2.45, 2.75) is 32.2 Å². The van der Waals surface area contributed by atoms with E-state index in [2.05, 4.69) is 27.1 Å². The molecule has 0 aliphatic carbocycles. The van der Waals surface area contributed by atoms with Gasteiger partial charge in [0.1, 0.15) is 12.7 Å². The highest BCUT2D eigenvalue weighted by Crippen LogP contribution is 2.18. The number of fused-ring (bicyclic) bond motifs is 1. The van der Waals surface area contributed by atoms with E-state index in [1.54, 1.807) is 0 Å². The minimum absolute atomic E-state index is 0.390. The lowest BCUT2D eigenvalue weighted by Crippen LogP contribution is -2.41. The van der Waals surface area contributed by atoms with Crippen molar-refractivity contribution in [2.75, 3.05) is 26.2 Å². The van der Waals surface area contributed by atoms with Crippen molar-refractivity contribution in [3.8, 4) is 0 Å². The van der Waals surface area contributed by atoms with Crippen molar-refractivity contribution in [1.82, 2.24) is 10.2 Å². The Balaban J connectivity index is 1.68. The number of benzene rings is 1. The first-order valence-corrected chi connectivity index (χ1v) is 7.60. The van der Waals surface area contributed by atoms with Gasteiger partial charge >= 0.3 is 6.18 Å². The molecule has 1 aliphatic rings. The molecule has 0 spiro atoms. The highest BCUT2D eigenvalue weighted by atomic mass is 19.4. The SMILES string of the molecule is CC(OCC(F)(F)F)C(=O)NCCN1CCc2ccccc2C1. The third-order valence-electron chi connectivity index (χ3n) is 3.80. The van der Waals surface area contributed by atoms with E-state index in [0.29, 0.717) is 13.1 Å². The van der Waals surface area contributed by atoms with Crippen LogP contribution in [0.2, 0.25) is 0 Å². The smallest absolute Gasteiger partial charge is 0.359 e. The zero-order valence-corrected chi connectivity index (χ0v) is 13.0. The Morgan fingerprint density at radius 1 is 1.35 bits per heavy atom. The van der Waals surface area contributed by atoms with Crippen LogP contribution in [0.25, 0.3) is 0 Å². The summed E-state index contributed by atoms with van der Waals surface area (Å²) < 4.78 is 40.6. The topological polar surface area (TPSA) is 41.6 Å². The summed E-state index contributed by atoms with van der Waals surface area (Å²) >= 11 is 0. The Labute approximate surface area is 133 Å². The molecule has 0 aromatic heterocycles. The number of amides is 1. The summed E-state index contributed by atoms with van der Waals surface area (Å²) in [5.41, 5.74) is 2.63. The Morgan fingerprint density at radius 2 is 2.04 bits per heavy atom. The number of nitrogens with one attached hydrogen (secondary N) is 1. The first kappa shape index (κ1) is 17.7. The van der Waals surface area contributed by atoms with Gasteiger partial charge in [0, 0.05) is 26.2 Å². The van der Waals surface area contributed by atoms with Gasteiger partial charge in [0.15, 0.2) is 0 Å². The molecular weight excluding hydrogens is 309 g/mol.